The molecule has 0 aliphatic heterocycles. The van der Waals surface area contributed by atoms with Gasteiger partial charge >= 0.3 is 0 Å². The molecule has 22 heavy (non-hydrogen) atoms. The Kier molecular flexibility index (Phi) is 6.70. The van der Waals surface area contributed by atoms with Gasteiger partial charge in [-0.2, -0.15) is 0 Å². The van der Waals surface area contributed by atoms with Gasteiger partial charge in [0.25, 0.3) is 0 Å². The summed E-state index contributed by atoms with van der Waals surface area (Å²) in [7, 11) is 0. The molecule has 2 rings (SSSR count). The van der Waals surface area contributed by atoms with Crippen LogP contribution in [0.4, 0.5) is 0 Å². The fourth-order valence-corrected chi connectivity index (χ4v) is 2.59. The zero-order chi connectivity index (χ0) is 15.6. The van der Waals surface area contributed by atoms with E-state index in [1.54, 1.807) is 0 Å². The van der Waals surface area contributed by atoms with Crippen LogP contribution in [0.3, 0.4) is 0 Å². The van der Waals surface area contributed by atoms with Gasteiger partial charge in [-0.05, 0) is 36.0 Å². The third-order valence-corrected chi connectivity index (χ3v) is 3.91. The molecule has 0 heteroatoms. The molecule has 0 heterocycles. The van der Waals surface area contributed by atoms with Crippen LogP contribution in [0, 0.1) is 0 Å². The molecule has 0 aromatic heterocycles. The van der Waals surface area contributed by atoms with Gasteiger partial charge in [-0.25, -0.2) is 0 Å². The Morgan fingerprint density at radius 3 is 1.77 bits per heavy atom. The van der Waals surface area contributed by atoms with Crippen LogP contribution in [0.2, 0.25) is 0 Å². The van der Waals surface area contributed by atoms with E-state index in [9.17, 15) is 0 Å². The van der Waals surface area contributed by atoms with Crippen molar-refractivity contribution >= 4 is 5.57 Å². The summed E-state index contributed by atoms with van der Waals surface area (Å²) < 4.78 is 0. The predicted molar refractivity (Wildman–Crippen MR) is 97.9 cm³/mol. The first-order chi connectivity index (χ1) is 10.8. The molecule has 0 aliphatic rings. The number of unbranched alkanes of at least 4 members (excludes halogenated alkanes) is 1. The molecule has 0 N–H and O–H groups in total. The van der Waals surface area contributed by atoms with E-state index in [0.29, 0.717) is 0 Å². The van der Waals surface area contributed by atoms with Crippen molar-refractivity contribution in [2.24, 2.45) is 0 Å². The molecule has 0 aliphatic carbocycles. The molecule has 0 saturated heterocycles. The first-order valence-electron chi connectivity index (χ1n) is 8.34. The molecule has 2 aromatic carbocycles. The van der Waals surface area contributed by atoms with E-state index >= 15 is 0 Å². The highest BCUT2D eigenvalue weighted by Crippen LogP contribution is 2.25. The van der Waals surface area contributed by atoms with Gasteiger partial charge < -0.3 is 0 Å². The van der Waals surface area contributed by atoms with Crippen LogP contribution >= 0.6 is 0 Å². The standard InChI is InChI=1S/C22H26/c1-3-5-12-19(4-2)17-18-22(20-13-8-6-9-14-20)21-15-10-7-11-16-21/h6-16,18H,3-5,17H2,1-2H3/b19-12+. The van der Waals surface area contributed by atoms with E-state index in [1.165, 1.54) is 35.1 Å². The fourth-order valence-electron chi connectivity index (χ4n) is 2.59. The second-order valence-electron chi connectivity index (χ2n) is 5.56. The van der Waals surface area contributed by atoms with Crippen molar-refractivity contribution < 1.29 is 0 Å². The Morgan fingerprint density at radius 1 is 0.773 bits per heavy atom. The third kappa shape index (κ3) is 4.73. The molecule has 0 saturated carbocycles. The summed E-state index contributed by atoms with van der Waals surface area (Å²) in [6.07, 6.45) is 9.36. The van der Waals surface area contributed by atoms with Gasteiger partial charge in [-0.1, -0.05) is 98.7 Å². The molecule has 0 spiro atoms. The van der Waals surface area contributed by atoms with Crippen molar-refractivity contribution in [2.45, 2.75) is 39.5 Å². The van der Waals surface area contributed by atoms with Gasteiger partial charge in [0.15, 0.2) is 0 Å². The van der Waals surface area contributed by atoms with Crippen molar-refractivity contribution in [2.75, 3.05) is 0 Å². The summed E-state index contributed by atoms with van der Waals surface area (Å²) in [4.78, 5) is 0. The average Bonchev–Trinajstić information content (AvgIpc) is 2.59. The predicted octanol–water partition coefficient (Wildman–Crippen LogP) is 6.64. The fraction of sp³-hybridized carbons (Fsp3) is 0.273. The zero-order valence-corrected chi connectivity index (χ0v) is 13.8. The molecule has 0 radical (unpaired) electrons. The topological polar surface area (TPSA) is 0 Å². The van der Waals surface area contributed by atoms with Gasteiger partial charge in [0, 0.05) is 0 Å². The maximum Gasteiger partial charge on any atom is -0.0129 e. The Morgan fingerprint density at radius 2 is 1.32 bits per heavy atom. The van der Waals surface area contributed by atoms with Crippen LogP contribution in [0.5, 0.6) is 0 Å². The van der Waals surface area contributed by atoms with Crippen molar-refractivity contribution in [1.82, 2.24) is 0 Å². The SMILES string of the molecule is CCC/C=C(\CC)CC=C(c1ccccc1)c1ccccc1. The minimum atomic E-state index is 1.04. The van der Waals surface area contributed by atoms with Crippen LogP contribution < -0.4 is 0 Å². The average molecular weight is 290 g/mol. The van der Waals surface area contributed by atoms with Gasteiger partial charge in [0.1, 0.15) is 0 Å². The molecule has 0 bridgehead atoms. The van der Waals surface area contributed by atoms with Crippen molar-refractivity contribution in [3.8, 4) is 0 Å². The van der Waals surface area contributed by atoms with Crippen LogP contribution in [-0.2, 0) is 0 Å². The summed E-state index contributed by atoms with van der Waals surface area (Å²) in [6, 6.07) is 21.4. The lowest BCUT2D eigenvalue weighted by Crippen LogP contribution is -1.89. The summed E-state index contributed by atoms with van der Waals surface area (Å²) in [5.41, 5.74) is 5.45. The normalized spacial score (nSPS) is 11.3. The summed E-state index contributed by atoms with van der Waals surface area (Å²) in [6.45, 7) is 4.49. The molecule has 2 aromatic rings. The second-order valence-corrected chi connectivity index (χ2v) is 5.56. The Hall–Kier alpha value is -2.08. The van der Waals surface area contributed by atoms with Gasteiger partial charge in [-0.3, -0.25) is 0 Å². The Labute approximate surface area is 135 Å². The first kappa shape index (κ1) is 16.3. The second kappa shape index (κ2) is 9.04. The molecular weight excluding hydrogens is 264 g/mol. The van der Waals surface area contributed by atoms with Crippen LogP contribution in [0.1, 0.15) is 50.7 Å². The minimum absolute atomic E-state index is 1.04. The molecule has 0 unspecified atom stereocenters. The van der Waals surface area contributed by atoms with Gasteiger partial charge in [-0.15, -0.1) is 0 Å². The third-order valence-electron chi connectivity index (χ3n) is 3.91. The number of allylic oxidation sites excluding steroid dienone is 3. The zero-order valence-electron chi connectivity index (χ0n) is 13.8. The lowest BCUT2D eigenvalue weighted by Gasteiger charge is -2.10. The molecule has 0 nitrogen and oxygen atoms in total. The molecular formula is C22H26. The minimum Gasteiger partial charge on any atom is -0.0850 e. The van der Waals surface area contributed by atoms with E-state index in [0.717, 1.165) is 12.8 Å². The summed E-state index contributed by atoms with van der Waals surface area (Å²) >= 11 is 0. The van der Waals surface area contributed by atoms with Crippen molar-refractivity contribution in [3.05, 3.63) is 89.5 Å². The van der Waals surface area contributed by atoms with Crippen molar-refractivity contribution in [3.63, 3.8) is 0 Å². The van der Waals surface area contributed by atoms with Gasteiger partial charge in [0.2, 0.25) is 0 Å². The van der Waals surface area contributed by atoms with Crippen LogP contribution in [0.15, 0.2) is 78.4 Å². The lowest BCUT2D eigenvalue weighted by atomic mass is 9.95. The maximum absolute atomic E-state index is 2.41. The van der Waals surface area contributed by atoms with Crippen molar-refractivity contribution in [1.29, 1.82) is 0 Å². The van der Waals surface area contributed by atoms with E-state index in [4.69, 9.17) is 0 Å². The first-order valence-corrected chi connectivity index (χ1v) is 8.34. The van der Waals surface area contributed by atoms with Crippen LogP contribution in [0.25, 0.3) is 5.57 Å². The monoisotopic (exact) mass is 290 g/mol. The largest absolute Gasteiger partial charge is 0.0850 e. The number of hydrogen-bond acceptors (Lipinski definition) is 0. The van der Waals surface area contributed by atoms with E-state index in [2.05, 4.69) is 86.7 Å². The maximum atomic E-state index is 2.41. The van der Waals surface area contributed by atoms with E-state index < -0.39 is 0 Å². The highest BCUT2D eigenvalue weighted by molar-refractivity contribution is 5.79. The van der Waals surface area contributed by atoms with E-state index in [1.807, 2.05) is 0 Å². The Balaban J connectivity index is 2.31. The van der Waals surface area contributed by atoms with Crippen LogP contribution in [-0.4, -0.2) is 0 Å². The molecule has 0 amide bonds. The highest BCUT2D eigenvalue weighted by atomic mass is 14.1. The van der Waals surface area contributed by atoms with E-state index in [-0.39, 0.29) is 0 Å². The lowest BCUT2D eigenvalue weighted by molar-refractivity contribution is 0.919. The summed E-state index contributed by atoms with van der Waals surface area (Å²) in [5.74, 6) is 0. The number of rotatable bonds is 7. The highest BCUT2D eigenvalue weighted by Gasteiger charge is 2.04. The smallest absolute Gasteiger partial charge is 0.0129 e. The number of benzene rings is 2. The summed E-state index contributed by atoms with van der Waals surface area (Å²) in [5, 5.41) is 0. The Bertz CT molecular complexity index is 562. The number of hydrogen-bond donors (Lipinski definition) is 0. The molecule has 0 fully saturated rings. The quantitative estimate of drug-likeness (QED) is 0.501. The van der Waals surface area contributed by atoms with Gasteiger partial charge in [0.05, 0.1) is 0 Å². The molecule has 0 atom stereocenters. The molecule has 114 valence electrons.